The monoisotopic (exact) mass is 618 g/mol. The Morgan fingerprint density at radius 2 is 1.83 bits per heavy atom. The van der Waals surface area contributed by atoms with E-state index in [0.717, 1.165) is 58.6 Å². The van der Waals surface area contributed by atoms with E-state index in [1.165, 1.54) is 11.1 Å². The van der Waals surface area contributed by atoms with E-state index in [1.807, 2.05) is 56.3 Å². The van der Waals surface area contributed by atoms with Crippen molar-refractivity contribution in [2.75, 3.05) is 6.61 Å². The summed E-state index contributed by atoms with van der Waals surface area (Å²) in [6.07, 6.45) is 7.09. The molecule has 0 N–H and O–H groups in total. The molecule has 214 valence electrons. The molecule has 1 fully saturated rings. The Bertz CT molecular complexity index is 1650. The van der Waals surface area contributed by atoms with Crippen LogP contribution in [-0.2, 0) is 9.53 Å². The van der Waals surface area contributed by atoms with Crippen LogP contribution in [0.25, 0.3) is 16.6 Å². The summed E-state index contributed by atoms with van der Waals surface area (Å²) in [6, 6.07) is 15.2. The number of hydrogen-bond donors (Lipinski definition) is 0. The minimum Gasteiger partial charge on any atom is -0.482 e. The predicted molar refractivity (Wildman–Crippen MR) is 164 cm³/mol. The summed E-state index contributed by atoms with van der Waals surface area (Å²) >= 11 is 3.49. The maximum Gasteiger partial charge on any atom is 0.344 e. The normalized spacial score (nSPS) is 14.3. The molecule has 41 heavy (non-hydrogen) atoms. The molecule has 0 unspecified atom stereocenters. The van der Waals surface area contributed by atoms with E-state index < -0.39 is 5.97 Å². The third-order valence-electron chi connectivity index (χ3n) is 7.41. The van der Waals surface area contributed by atoms with E-state index in [0.29, 0.717) is 16.7 Å². The minimum absolute atomic E-state index is 0.136. The first kappa shape index (κ1) is 28.8. The molecule has 5 rings (SSSR count). The Labute approximate surface area is 248 Å². The lowest BCUT2D eigenvalue weighted by Gasteiger charge is -2.22. The highest BCUT2D eigenvalue weighted by atomic mass is 79.9. The Morgan fingerprint density at radius 3 is 2.54 bits per heavy atom. The van der Waals surface area contributed by atoms with Crippen LogP contribution >= 0.6 is 15.9 Å². The molecule has 2 aromatic carbocycles. The maximum atomic E-state index is 13.7. The molecule has 0 saturated heterocycles. The number of carbonyl (C=O) groups is 1. The van der Waals surface area contributed by atoms with Crippen LogP contribution in [0.5, 0.6) is 5.75 Å². The van der Waals surface area contributed by atoms with Crippen molar-refractivity contribution in [1.82, 2.24) is 14.2 Å². The number of esters is 1. The second kappa shape index (κ2) is 12.4. The average molecular weight is 620 g/mol. The molecule has 9 heteroatoms. The first-order valence-electron chi connectivity index (χ1n) is 14.1. The first-order chi connectivity index (χ1) is 19.7. The fourth-order valence-electron chi connectivity index (χ4n) is 5.47. The number of fused-ring (bicyclic) bond motifs is 1. The van der Waals surface area contributed by atoms with E-state index in [9.17, 15) is 9.59 Å². The number of aromatic nitrogens is 3. The molecule has 0 spiro atoms. The first-order valence-corrected chi connectivity index (χ1v) is 14.9. The van der Waals surface area contributed by atoms with Crippen molar-refractivity contribution in [3.8, 4) is 11.4 Å². The summed E-state index contributed by atoms with van der Waals surface area (Å²) in [5.41, 5.74) is 4.43. The number of nitrogens with zero attached hydrogens (tertiary/aromatic N) is 4. The number of halogens is 1. The fourth-order valence-corrected chi connectivity index (χ4v) is 5.83. The predicted octanol–water partition coefficient (Wildman–Crippen LogP) is 6.83. The third kappa shape index (κ3) is 6.45. The molecule has 1 aliphatic carbocycles. The highest BCUT2D eigenvalue weighted by Gasteiger charge is 2.23. The van der Waals surface area contributed by atoms with Crippen LogP contribution in [-0.4, -0.2) is 39.1 Å². The van der Waals surface area contributed by atoms with Gasteiger partial charge in [0, 0.05) is 33.0 Å². The standard InChI is InChI=1S/C32H35BrN4O4/c1-20(2)41-30(38)19-40-27-13-11-26(12-14-27)36-21(3)16-24(22(36)4)18-34-37-31(23-8-6-5-7-9-23)35-29-15-10-25(33)17-28(29)32(37)39/h10-18,20,23H,5-9,19H2,1-4H3. The number of benzene rings is 2. The van der Waals surface area contributed by atoms with Crippen LogP contribution in [0.3, 0.4) is 0 Å². The van der Waals surface area contributed by atoms with Gasteiger partial charge in [0.25, 0.3) is 5.56 Å². The molecule has 2 heterocycles. The van der Waals surface area contributed by atoms with Gasteiger partial charge in [-0.2, -0.15) is 9.78 Å². The van der Waals surface area contributed by atoms with Crippen molar-refractivity contribution >= 4 is 39.0 Å². The molecule has 0 bridgehead atoms. The number of aryl methyl sites for hydroxylation is 1. The van der Waals surface area contributed by atoms with Crippen LogP contribution < -0.4 is 10.3 Å². The van der Waals surface area contributed by atoms with Gasteiger partial charge in [0.05, 0.1) is 23.2 Å². The summed E-state index contributed by atoms with van der Waals surface area (Å²) in [4.78, 5) is 30.4. The van der Waals surface area contributed by atoms with Gasteiger partial charge in [-0.15, -0.1) is 0 Å². The van der Waals surface area contributed by atoms with E-state index in [4.69, 9.17) is 19.6 Å². The average Bonchev–Trinajstić information content (AvgIpc) is 3.24. The van der Waals surface area contributed by atoms with E-state index >= 15 is 0 Å². The van der Waals surface area contributed by atoms with Gasteiger partial charge in [-0.3, -0.25) is 4.79 Å². The van der Waals surface area contributed by atoms with Crippen molar-refractivity contribution in [2.45, 2.75) is 71.8 Å². The zero-order chi connectivity index (χ0) is 29.1. The molecule has 8 nitrogen and oxygen atoms in total. The van der Waals surface area contributed by atoms with Gasteiger partial charge in [0.15, 0.2) is 6.61 Å². The Balaban J connectivity index is 1.44. The SMILES string of the molecule is Cc1cc(C=Nn2c(C3CCCCC3)nc3ccc(Br)cc3c2=O)c(C)n1-c1ccc(OCC(=O)OC(C)C)cc1. The lowest BCUT2D eigenvalue weighted by atomic mass is 9.88. The van der Waals surface area contributed by atoms with Crippen molar-refractivity contribution in [1.29, 1.82) is 0 Å². The van der Waals surface area contributed by atoms with Crippen molar-refractivity contribution in [2.24, 2.45) is 5.10 Å². The van der Waals surface area contributed by atoms with Crippen molar-refractivity contribution in [3.05, 3.63) is 86.1 Å². The zero-order valence-electron chi connectivity index (χ0n) is 23.9. The summed E-state index contributed by atoms with van der Waals surface area (Å²) in [5.74, 6) is 1.14. The Morgan fingerprint density at radius 1 is 1.10 bits per heavy atom. The second-order valence-electron chi connectivity index (χ2n) is 10.8. The lowest BCUT2D eigenvalue weighted by molar-refractivity contribution is -0.149. The van der Waals surface area contributed by atoms with Crippen molar-refractivity contribution in [3.63, 3.8) is 0 Å². The molecule has 4 aromatic rings. The number of carbonyl (C=O) groups excluding carboxylic acids is 1. The van der Waals surface area contributed by atoms with Gasteiger partial charge in [-0.05, 0) is 89.1 Å². The molecule has 1 aliphatic rings. The number of rotatable bonds is 8. The van der Waals surface area contributed by atoms with Crippen LogP contribution in [0, 0.1) is 13.8 Å². The Hall–Kier alpha value is -3.72. The van der Waals surface area contributed by atoms with Crippen LogP contribution in [0.15, 0.2) is 62.9 Å². The molecule has 2 aromatic heterocycles. The Kier molecular flexibility index (Phi) is 8.73. The number of hydrogen-bond acceptors (Lipinski definition) is 6. The highest BCUT2D eigenvalue weighted by Crippen LogP contribution is 2.32. The maximum absolute atomic E-state index is 13.7. The molecular formula is C32H35BrN4O4. The van der Waals surface area contributed by atoms with Gasteiger partial charge in [0.2, 0.25) is 0 Å². The van der Waals surface area contributed by atoms with Gasteiger partial charge >= 0.3 is 5.97 Å². The number of ether oxygens (including phenoxy) is 2. The summed E-state index contributed by atoms with van der Waals surface area (Å²) in [7, 11) is 0. The summed E-state index contributed by atoms with van der Waals surface area (Å²) < 4.78 is 15.2. The van der Waals surface area contributed by atoms with Crippen LogP contribution in [0.1, 0.15) is 74.6 Å². The highest BCUT2D eigenvalue weighted by molar-refractivity contribution is 9.10. The van der Waals surface area contributed by atoms with Gasteiger partial charge in [-0.1, -0.05) is 35.2 Å². The van der Waals surface area contributed by atoms with Gasteiger partial charge in [-0.25, -0.2) is 9.78 Å². The van der Waals surface area contributed by atoms with Crippen LogP contribution in [0.2, 0.25) is 0 Å². The van der Waals surface area contributed by atoms with Gasteiger partial charge < -0.3 is 14.0 Å². The lowest BCUT2D eigenvalue weighted by Crippen LogP contribution is -2.25. The molecule has 0 amide bonds. The van der Waals surface area contributed by atoms with E-state index in [-0.39, 0.29) is 24.2 Å². The largest absolute Gasteiger partial charge is 0.482 e. The van der Waals surface area contributed by atoms with E-state index in [2.05, 4.69) is 26.6 Å². The summed E-state index contributed by atoms with van der Waals surface area (Å²) in [5, 5.41) is 5.28. The van der Waals surface area contributed by atoms with Crippen molar-refractivity contribution < 1.29 is 14.3 Å². The minimum atomic E-state index is -0.398. The molecule has 0 atom stereocenters. The van der Waals surface area contributed by atoms with E-state index in [1.54, 1.807) is 20.1 Å². The van der Waals surface area contributed by atoms with Crippen LogP contribution in [0.4, 0.5) is 0 Å². The topological polar surface area (TPSA) is 87.7 Å². The summed E-state index contributed by atoms with van der Waals surface area (Å²) in [6.45, 7) is 7.54. The third-order valence-corrected chi connectivity index (χ3v) is 7.90. The smallest absolute Gasteiger partial charge is 0.344 e. The zero-order valence-corrected chi connectivity index (χ0v) is 25.5. The second-order valence-corrected chi connectivity index (χ2v) is 11.7. The quantitative estimate of drug-likeness (QED) is 0.160. The molecule has 0 radical (unpaired) electrons. The molecule has 1 saturated carbocycles. The molecular weight excluding hydrogens is 584 g/mol. The van der Waals surface area contributed by atoms with Gasteiger partial charge in [0.1, 0.15) is 11.6 Å². The molecule has 0 aliphatic heterocycles. The fraction of sp³-hybridized carbons (Fsp3) is 0.375.